The molecular weight excluding hydrogens is 424 g/mol. The Morgan fingerprint density at radius 2 is 1.34 bits per heavy atom. The molecule has 0 radical (unpaired) electrons. The number of fused-ring (bicyclic) bond motifs is 1. The van der Waals surface area contributed by atoms with Gasteiger partial charge in [-0.2, -0.15) is 0 Å². The third kappa shape index (κ3) is 3.65. The number of rotatable bonds is 5. The maximum Gasteiger partial charge on any atom is 0.337 e. The average molecular weight is 443 g/mol. The van der Waals surface area contributed by atoms with Crippen molar-refractivity contribution in [3.05, 3.63) is 128 Å². The van der Waals surface area contributed by atoms with Crippen molar-refractivity contribution >= 4 is 22.8 Å². The molecule has 0 atom stereocenters. The molecular formula is C25H19ClN4O2. The van der Waals surface area contributed by atoms with Crippen LogP contribution >= 0.6 is 11.6 Å². The predicted molar refractivity (Wildman–Crippen MR) is 126 cm³/mol. The highest BCUT2D eigenvalue weighted by Crippen LogP contribution is 2.17. The first-order chi connectivity index (χ1) is 15.6. The van der Waals surface area contributed by atoms with Crippen LogP contribution in [0, 0.1) is 0 Å². The molecule has 7 heteroatoms. The number of nitrogens with zero attached hydrogens (tertiary/aromatic N) is 4. The van der Waals surface area contributed by atoms with Gasteiger partial charge in [-0.05, 0) is 35.4 Å². The summed E-state index contributed by atoms with van der Waals surface area (Å²) in [6, 6.07) is 26.2. The zero-order valence-corrected chi connectivity index (χ0v) is 17.8. The number of halogens is 1. The predicted octanol–water partition coefficient (Wildman–Crippen LogP) is 4.10. The first kappa shape index (κ1) is 20.0. The van der Waals surface area contributed by atoms with Crippen molar-refractivity contribution in [2.45, 2.75) is 13.1 Å². The van der Waals surface area contributed by atoms with E-state index in [1.54, 1.807) is 35.2 Å². The average Bonchev–Trinajstić information content (AvgIpc) is 3.22. The Kier molecular flexibility index (Phi) is 5.21. The second-order valence-corrected chi connectivity index (χ2v) is 7.94. The maximum absolute atomic E-state index is 13.5. The summed E-state index contributed by atoms with van der Waals surface area (Å²) in [5, 5.41) is 0.560. The van der Waals surface area contributed by atoms with Crippen LogP contribution in [0.3, 0.4) is 0 Å². The summed E-state index contributed by atoms with van der Waals surface area (Å²) < 4.78 is 4.52. The molecule has 2 heterocycles. The summed E-state index contributed by atoms with van der Waals surface area (Å²) in [5.74, 6) is 0. The zero-order valence-electron chi connectivity index (χ0n) is 17.1. The van der Waals surface area contributed by atoms with Crippen LogP contribution in [0.4, 0.5) is 0 Å². The highest BCUT2D eigenvalue weighted by molar-refractivity contribution is 6.30. The van der Waals surface area contributed by atoms with Crippen molar-refractivity contribution in [3.8, 4) is 5.69 Å². The summed E-state index contributed by atoms with van der Waals surface area (Å²) in [7, 11) is 0. The molecule has 158 valence electrons. The van der Waals surface area contributed by atoms with E-state index in [1.165, 1.54) is 9.13 Å². The van der Waals surface area contributed by atoms with Gasteiger partial charge in [-0.25, -0.2) is 14.3 Å². The van der Waals surface area contributed by atoms with Gasteiger partial charge >= 0.3 is 5.69 Å². The van der Waals surface area contributed by atoms with E-state index >= 15 is 0 Å². The summed E-state index contributed by atoms with van der Waals surface area (Å²) in [6.45, 7) is 0.634. The summed E-state index contributed by atoms with van der Waals surface area (Å²) in [4.78, 5) is 31.5. The van der Waals surface area contributed by atoms with E-state index in [0.29, 0.717) is 28.4 Å². The lowest BCUT2D eigenvalue weighted by Crippen LogP contribution is -2.40. The van der Waals surface area contributed by atoms with Crippen molar-refractivity contribution in [3.63, 3.8) is 0 Å². The molecule has 0 saturated carbocycles. The van der Waals surface area contributed by atoms with Crippen LogP contribution in [0.25, 0.3) is 16.9 Å². The van der Waals surface area contributed by atoms with Crippen LogP contribution in [-0.4, -0.2) is 18.7 Å². The highest BCUT2D eigenvalue weighted by Gasteiger charge is 2.19. The Labute approximate surface area is 188 Å². The Bertz CT molecular complexity index is 1500. The summed E-state index contributed by atoms with van der Waals surface area (Å²) in [6.07, 6.45) is 1.61. The van der Waals surface area contributed by atoms with Gasteiger partial charge in [0.2, 0.25) is 0 Å². The van der Waals surface area contributed by atoms with Gasteiger partial charge in [-0.15, -0.1) is 0 Å². The molecule has 0 aliphatic rings. The number of imidazole rings is 1. The van der Waals surface area contributed by atoms with E-state index in [-0.39, 0.29) is 12.1 Å². The molecule has 0 bridgehead atoms. The molecule has 2 aromatic heterocycles. The van der Waals surface area contributed by atoms with Gasteiger partial charge in [0, 0.05) is 11.6 Å². The Balaban J connectivity index is 1.77. The van der Waals surface area contributed by atoms with E-state index in [2.05, 4.69) is 4.98 Å². The fraction of sp³-hybridized carbons (Fsp3) is 0.0800. The van der Waals surface area contributed by atoms with Gasteiger partial charge < -0.3 is 4.57 Å². The SMILES string of the molecule is O=c1c2c(ncn2Cc2ccccc2)n(-c2ccc(Cl)cc2)c(=O)n1Cc1ccccc1. The van der Waals surface area contributed by atoms with E-state index < -0.39 is 5.69 Å². The molecule has 5 rings (SSSR count). The molecule has 0 fully saturated rings. The largest absolute Gasteiger partial charge is 0.337 e. The lowest BCUT2D eigenvalue weighted by Gasteiger charge is -2.13. The van der Waals surface area contributed by atoms with Crippen LogP contribution in [0.5, 0.6) is 0 Å². The van der Waals surface area contributed by atoms with Gasteiger partial charge in [0.05, 0.1) is 18.6 Å². The monoisotopic (exact) mass is 442 g/mol. The summed E-state index contributed by atoms with van der Waals surface area (Å²) >= 11 is 6.05. The molecule has 0 aliphatic carbocycles. The molecule has 0 spiro atoms. The number of hydrogen-bond donors (Lipinski definition) is 0. The molecule has 0 N–H and O–H groups in total. The Morgan fingerprint density at radius 3 is 1.97 bits per heavy atom. The second-order valence-electron chi connectivity index (χ2n) is 7.50. The standard InChI is InChI=1S/C25H19ClN4O2/c26-20-11-13-21(14-12-20)30-23-22(28(17-27-23)15-18-7-3-1-4-8-18)24(31)29(25(30)32)16-19-9-5-2-6-10-19/h1-14,17H,15-16H2. The van der Waals surface area contributed by atoms with Crippen LogP contribution in [0.1, 0.15) is 11.1 Å². The number of aromatic nitrogens is 4. The van der Waals surface area contributed by atoms with Crippen LogP contribution in [0.15, 0.2) is 101 Å². The van der Waals surface area contributed by atoms with Gasteiger partial charge in [-0.3, -0.25) is 9.36 Å². The van der Waals surface area contributed by atoms with Gasteiger partial charge in [-0.1, -0.05) is 72.3 Å². The van der Waals surface area contributed by atoms with Crippen LogP contribution in [0.2, 0.25) is 5.02 Å². The maximum atomic E-state index is 13.5. The Morgan fingerprint density at radius 1 is 0.750 bits per heavy atom. The van der Waals surface area contributed by atoms with Crippen molar-refractivity contribution in [1.82, 2.24) is 18.7 Å². The normalized spacial score (nSPS) is 11.2. The van der Waals surface area contributed by atoms with Crippen molar-refractivity contribution < 1.29 is 0 Å². The topological polar surface area (TPSA) is 61.8 Å². The van der Waals surface area contributed by atoms with E-state index in [9.17, 15) is 9.59 Å². The van der Waals surface area contributed by atoms with Crippen molar-refractivity contribution in [2.24, 2.45) is 0 Å². The minimum Gasteiger partial charge on any atom is -0.320 e. The molecule has 3 aromatic carbocycles. The molecule has 0 amide bonds. The van der Waals surface area contributed by atoms with Gasteiger partial charge in [0.25, 0.3) is 5.56 Å². The molecule has 0 saturated heterocycles. The first-order valence-corrected chi connectivity index (χ1v) is 10.5. The van der Waals surface area contributed by atoms with Gasteiger partial charge in [0.15, 0.2) is 11.2 Å². The highest BCUT2D eigenvalue weighted by atomic mass is 35.5. The molecule has 0 unspecified atom stereocenters. The Hall–Kier alpha value is -3.90. The fourth-order valence-corrected chi connectivity index (χ4v) is 3.93. The first-order valence-electron chi connectivity index (χ1n) is 10.2. The lowest BCUT2D eigenvalue weighted by atomic mass is 10.2. The van der Waals surface area contributed by atoms with Gasteiger partial charge in [0.1, 0.15) is 0 Å². The minimum absolute atomic E-state index is 0.165. The van der Waals surface area contributed by atoms with Crippen molar-refractivity contribution in [2.75, 3.05) is 0 Å². The molecule has 32 heavy (non-hydrogen) atoms. The van der Waals surface area contributed by atoms with E-state index in [4.69, 9.17) is 11.6 Å². The number of benzene rings is 3. The zero-order chi connectivity index (χ0) is 22.1. The van der Waals surface area contributed by atoms with Crippen LogP contribution in [-0.2, 0) is 13.1 Å². The molecule has 5 aromatic rings. The van der Waals surface area contributed by atoms with Crippen LogP contribution < -0.4 is 11.2 Å². The quantitative estimate of drug-likeness (QED) is 0.411. The van der Waals surface area contributed by atoms with E-state index in [0.717, 1.165) is 11.1 Å². The van der Waals surface area contributed by atoms with Crippen molar-refractivity contribution in [1.29, 1.82) is 0 Å². The second kappa shape index (κ2) is 8.32. The number of hydrogen-bond acceptors (Lipinski definition) is 3. The summed E-state index contributed by atoms with van der Waals surface area (Å²) in [5.41, 5.74) is 2.37. The molecule has 0 aliphatic heterocycles. The third-order valence-electron chi connectivity index (χ3n) is 5.36. The minimum atomic E-state index is -0.446. The molecule has 6 nitrogen and oxygen atoms in total. The third-order valence-corrected chi connectivity index (χ3v) is 5.62. The van der Waals surface area contributed by atoms with E-state index in [1.807, 2.05) is 60.7 Å². The lowest BCUT2D eigenvalue weighted by molar-refractivity contribution is 0.677. The smallest absolute Gasteiger partial charge is 0.320 e. The fourth-order valence-electron chi connectivity index (χ4n) is 3.81.